The van der Waals surface area contributed by atoms with E-state index >= 15 is 0 Å². The fourth-order valence-electron chi connectivity index (χ4n) is 2.31. The van der Waals surface area contributed by atoms with Crippen LogP contribution in [0.1, 0.15) is 10.4 Å². The highest BCUT2D eigenvalue weighted by Gasteiger charge is 2.42. The molecule has 2 rings (SSSR count). The van der Waals surface area contributed by atoms with Gasteiger partial charge in [-0.2, -0.15) is 8.78 Å². The van der Waals surface area contributed by atoms with Gasteiger partial charge < -0.3 is 0 Å². The van der Waals surface area contributed by atoms with Crippen molar-refractivity contribution in [2.75, 3.05) is 19.0 Å². The zero-order chi connectivity index (χ0) is 22.8. The van der Waals surface area contributed by atoms with Crippen LogP contribution in [0.4, 0.5) is 36.8 Å². The third-order valence-corrected chi connectivity index (χ3v) is 5.09. The highest BCUT2D eigenvalue weighted by atomic mass is 35.5. The van der Waals surface area contributed by atoms with Crippen LogP contribution in [0, 0.1) is 11.6 Å². The molecule has 0 aromatic heterocycles. The summed E-state index contributed by atoms with van der Waals surface area (Å²) in [5.41, 5.74) is -0.992. The summed E-state index contributed by atoms with van der Waals surface area (Å²) in [4.78, 5) is 25.9. The summed E-state index contributed by atoms with van der Waals surface area (Å²) in [5, 5.41) is -4.60. The van der Waals surface area contributed by atoms with E-state index in [0.717, 1.165) is 48.3 Å². The molecule has 30 heavy (non-hydrogen) atoms. The van der Waals surface area contributed by atoms with Gasteiger partial charge in [0.2, 0.25) is 0 Å². The molecule has 162 valence electrons. The van der Waals surface area contributed by atoms with E-state index in [1.807, 2.05) is 0 Å². The lowest BCUT2D eigenvalue weighted by molar-refractivity contribution is -0.0563. The van der Waals surface area contributed by atoms with Crippen LogP contribution in [-0.2, 0) is 0 Å². The molecule has 0 N–H and O–H groups in total. The van der Waals surface area contributed by atoms with Crippen molar-refractivity contribution in [3.05, 3.63) is 58.6 Å². The molecule has 0 aliphatic rings. The maximum atomic E-state index is 13.8. The predicted molar refractivity (Wildman–Crippen MR) is 101 cm³/mol. The number of imide groups is 1. The summed E-state index contributed by atoms with van der Waals surface area (Å²) in [6.45, 7) is 0. The van der Waals surface area contributed by atoms with Gasteiger partial charge in [-0.25, -0.2) is 22.4 Å². The van der Waals surface area contributed by atoms with Crippen molar-refractivity contribution < 1.29 is 35.9 Å². The molecule has 0 fully saturated rings. The number of alkyl halides is 4. The average Bonchev–Trinajstić information content (AvgIpc) is 2.65. The van der Waals surface area contributed by atoms with Crippen LogP contribution in [0.3, 0.4) is 0 Å². The van der Waals surface area contributed by atoms with Crippen molar-refractivity contribution in [1.82, 2.24) is 4.90 Å². The van der Waals surface area contributed by atoms with E-state index in [1.54, 1.807) is 0 Å². The van der Waals surface area contributed by atoms with E-state index < -0.39 is 52.6 Å². The van der Waals surface area contributed by atoms with Gasteiger partial charge in [-0.3, -0.25) is 14.6 Å². The van der Waals surface area contributed by atoms with Gasteiger partial charge in [-0.1, -0.05) is 17.7 Å². The number of urea groups is 1. The highest BCUT2D eigenvalue weighted by molar-refractivity contribution is 8.00. The number of carbonyl (C=O) groups excluding carboxylic acids is 2. The zero-order valence-electron chi connectivity index (χ0n) is 15.3. The topological polar surface area (TPSA) is 40.6 Å². The number of nitrogens with zero attached hydrogens (tertiary/aromatic N) is 2. The molecular formula is C18H13ClF6N2O2S. The third-order valence-electron chi connectivity index (χ3n) is 3.84. The Morgan fingerprint density at radius 1 is 1.07 bits per heavy atom. The first-order chi connectivity index (χ1) is 13.9. The summed E-state index contributed by atoms with van der Waals surface area (Å²) < 4.78 is 78.6. The molecular weight excluding hydrogens is 458 g/mol. The maximum Gasteiger partial charge on any atom is 0.357 e. The van der Waals surface area contributed by atoms with Crippen molar-refractivity contribution in [2.45, 2.75) is 16.6 Å². The minimum Gasteiger partial charge on any atom is -0.296 e. The summed E-state index contributed by atoms with van der Waals surface area (Å²) in [7, 11) is 2.15. The standard InChI is InChI=1S/C18H13ClF6N2O2S/c1-26(13-7-6-9(8-10(13)19)30-18(24,25)16(22)23)17(29)27(2)15(28)14-11(20)4-3-5-12(14)21/h3-8,16H,1-2H3. The van der Waals surface area contributed by atoms with Crippen molar-refractivity contribution in [3.63, 3.8) is 0 Å². The van der Waals surface area contributed by atoms with E-state index in [-0.39, 0.29) is 15.6 Å². The first kappa shape index (κ1) is 23.9. The van der Waals surface area contributed by atoms with Crippen LogP contribution in [0.15, 0.2) is 41.3 Å². The molecule has 0 radical (unpaired) electrons. The monoisotopic (exact) mass is 470 g/mol. The van der Waals surface area contributed by atoms with Gasteiger partial charge in [-0.15, -0.1) is 0 Å². The molecule has 3 amide bonds. The Morgan fingerprint density at radius 2 is 1.63 bits per heavy atom. The molecule has 0 aliphatic heterocycles. The van der Waals surface area contributed by atoms with Gasteiger partial charge in [0.1, 0.15) is 17.2 Å². The number of benzene rings is 2. The number of rotatable bonds is 5. The highest BCUT2D eigenvalue weighted by Crippen LogP contribution is 2.42. The molecule has 4 nitrogen and oxygen atoms in total. The molecule has 2 aromatic carbocycles. The molecule has 0 atom stereocenters. The SMILES string of the molecule is CN(C(=O)c1c(F)cccc1F)C(=O)N(C)c1ccc(SC(F)(F)C(F)F)cc1Cl. The van der Waals surface area contributed by atoms with Crippen molar-refractivity contribution in [3.8, 4) is 0 Å². The number of thioether (sulfide) groups is 1. The molecule has 0 saturated carbocycles. The minimum atomic E-state index is -4.34. The normalized spacial score (nSPS) is 11.5. The molecule has 0 unspecified atom stereocenters. The van der Waals surface area contributed by atoms with Crippen molar-refractivity contribution in [1.29, 1.82) is 0 Å². The Labute approximate surface area is 176 Å². The van der Waals surface area contributed by atoms with Gasteiger partial charge in [0.15, 0.2) is 0 Å². The number of hydrogen-bond donors (Lipinski definition) is 0. The van der Waals surface area contributed by atoms with Gasteiger partial charge >= 0.3 is 17.7 Å². The second kappa shape index (κ2) is 9.17. The first-order valence-electron chi connectivity index (χ1n) is 8.01. The van der Waals surface area contributed by atoms with Crippen LogP contribution in [0.2, 0.25) is 5.02 Å². The molecule has 0 aliphatic carbocycles. The summed E-state index contributed by atoms with van der Waals surface area (Å²) >= 11 is 5.55. The predicted octanol–water partition coefficient (Wildman–Crippen LogP) is 5.90. The second-order valence-electron chi connectivity index (χ2n) is 5.88. The Kier molecular flexibility index (Phi) is 7.30. The number of halogens is 7. The molecule has 2 aromatic rings. The van der Waals surface area contributed by atoms with E-state index in [0.29, 0.717) is 4.90 Å². The summed E-state index contributed by atoms with van der Waals surface area (Å²) in [6, 6.07) is 4.78. The molecule has 0 spiro atoms. The van der Waals surface area contributed by atoms with Crippen LogP contribution in [-0.4, -0.2) is 42.6 Å². The molecule has 0 heterocycles. The lowest BCUT2D eigenvalue weighted by atomic mass is 10.1. The fourth-order valence-corrected chi connectivity index (χ4v) is 3.40. The Morgan fingerprint density at radius 3 is 2.13 bits per heavy atom. The Balaban J connectivity index is 2.24. The lowest BCUT2D eigenvalue weighted by Crippen LogP contribution is -2.43. The third kappa shape index (κ3) is 5.01. The molecule has 0 bridgehead atoms. The lowest BCUT2D eigenvalue weighted by Gasteiger charge is -2.25. The van der Waals surface area contributed by atoms with E-state index in [1.165, 1.54) is 7.05 Å². The van der Waals surface area contributed by atoms with Gasteiger partial charge in [0.25, 0.3) is 5.91 Å². The smallest absolute Gasteiger partial charge is 0.296 e. The number of hydrogen-bond acceptors (Lipinski definition) is 3. The quantitative estimate of drug-likeness (QED) is 0.404. The van der Waals surface area contributed by atoms with Gasteiger partial charge in [0.05, 0.1) is 10.7 Å². The van der Waals surface area contributed by atoms with Crippen LogP contribution in [0.5, 0.6) is 0 Å². The van der Waals surface area contributed by atoms with Crippen LogP contribution >= 0.6 is 23.4 Å². The summed E-state index contributed by atoms with van der Waals surface area (Å²) in [5.74, 6) is -3.59. The number of carbonyl (C=O) groups is 2. The largest absolute Gasteiger partial charge is 0.357 e. The van der Waals surface area contributed by atoms with E-state index in [4.69, 9.17) is 11.6 Å². The first-order valence-corrected chi connectivity index (χ1v) is 9.20. The van der Waals surface area contributed by atoms with Crippen molar-refractivity contribution >= 4 is 41.0 Å². The zero-order valence-corrected chi connectivity index (χ0v) is 16.9. The maximum absolute atomic E-state index is 13.8. The Hall–Kier alpha value is -2.40. The van der Waals surface area contributed by atoms with Gasteiger partial charge in [0, 0.05) is 19.0 Å². The fraction of sp³-hybridized carbons (Fsp3) is 0.222. The summed E-state index contributed by atoms with van der Waals surface area (Å²) in [6.07, 6.45) is -3.90. The van der Waals surface area contributed by atoms with Gasteiger partial charge in [-0.05, 0) is 42.1 Å². The molecule has 0 saturated heterocycles. The number of amides is 3. The van der Waals surface area contributed by atoms with E-state index in [2.05, 4.69) is 0 Å². The average molecular weight is 471 g/mol. The van der Waals surface area contributed by atoms with E-state index in [9.17, 15) is 35.9 Å². The molecule has 12 heteroatoms. The second-order valence-corrected chi connectivity index (χ2v) is 7.51. The van der Waals surface area contributed by atoms with Crippen LogP contribution < -0.4 is 4.90 Å². The van der Waals surface area contributed by atoms with Crippen molar-refractivity contribution in [2.24, 2.45) is 0 Å². The Bertz CT molecular complexity index is 955. The minimum absolute atomic E-state index is 0.0555. The van der Waals surface area contributed by atoms with Crippen LogP contribution in [0.25, 0.3) is 0 Å². The number of anilines is 1.